The topological polar surface area (TPSA) is 49.3 Å². The Morgan fingerprint density at radius 2 is 1.89 bits per heavy atom. The molecule has 3 nitrogen and oxygen atoms in total. The van der Waals surface area contributed by atoms with E-state index in [9.17, 15) is 9.18 Å². The number of hydrogen-bond acceptors (Lipinski definition) is 2. The Hall–Kier alpha value is -1.59. The Kier molecular flexibility index (Phi) is 4.07. The first-order valence-electron chi connectivity index (χ1n) is 5.22. The van der Waals surface area contributed by atoms with Gasteiger partial charge in [-0.2, -0.15) is 0 Å². The number of hydrogen-bond donors (Lipinski definition) is 2. The summed E-state index contributed by atoms with van der Waals surface area (Å²) >= 11 is 9.15. The summed E-state index contributed by atoms with van der Waals surface area (Å²) in [5.74, 6) is -1.43. The summed E-state index contributed by atoms with van der Waals surface area (Å²) in [6, 6.07) is 8.64. The quantitative estimate of drug-likeness (QED) is 0.849. The molecule has 2 aromatic carbocycles. The highest BCUT2D eigenvalue weighted by molar-refractivity contribution is 9.10. The number of carboxylic acids is 1. The van der Waals surface area contributed by atoms with E-state index in [-0.39, 0.29) is 10.6 Å². The van der Waals surface area contributed by atoms with Crippen LogP contribution in [0.15, 0.2) is 40.9 Å². The third kappa shape index (κ3) is 3.24. The molecule has 98 valence electrons. The molecule has 0 heterocycles. The first-order valence-corrected chi connectivity index (χ1v) is 6.39. The number of benzene rings is 2. The van der Waals surface area contributed by atoms with Crippen LogP contribution in [0.4, 0.5) is 15.8 Å². The minimum Gasteiger partial charge on any atom is -0.478 e. The van der Waals surface area contributed by atoms with Crippen LogP contribution in [-0.2, 0) is 0 Å². The lowest BCUT2D eigenvalue weighted by molar-refractivity contribution is 0.0697. The van der Waals surface area contributed by atoms with Crippen LogP contribution in [0.3, 0.4) is 0 Å². The maximum absolute atomic E-state index is 13.1. The zero-order valence-electron chi connectivity index (χ0n) is 9.45. The third-order valence-electron chi connectivity index (χ3n) is 2.41. The van der Waals surface area contributed by atoms with Crippen LogP contribution in [0.2, 0.25) is 5.02 Å². The molecule has 2 rings (SSSR count). The van der Waals surface area contributed by atoms with Crippen molar-refractivity contribution in [2.45, 2.75) is 0 Å². The van der Waals surface area contributed by atoms with E-state index in [1.54, 1.807) is 12.1 Å². The average Bonchev–Trinajstić information content (AvgIpc) is 2.34. The Morgan fingerprint density at radius 3 is 2.42 bits per heavy atom. The summed E-state index contributed by atoms with van der Waals surface area (Å²) in [5, 5.41) is 12.0. The van der Waals surface area contributed by atoms with Crippen LogP contribution in [-0.4, -0.2) is 11.1 Å². The Balaban J connectivity index is 2.29. The summed E-state index contributed by atoms with van der Waals surface area (Å²) in [6.07, 6.45) is 0. The maximum Gasteiger partial charge on any atom is 0.335 e. The number of aromatic carboxylic acids is 1. The monoisotopic (exact) mass is 343 g/mol. The van der Waals surface area contributed by atoms with Crippen LogP contribution in [0.25, 0.3) is 0 Å². The van der Waals surface area contributed by atoms with E-state index in [1.165, 1.54) is 24.3 Å². The molecule has 0 amide bonds. The maximum atomic E-state index is 13.1. The van der Waals surface area contributed by atoms with Gasteiger partial charge in [-0.15, -0.1) is 0 Å². The van der Waals surface area contributed by atoms with Gasteiger partial charge in [-0.25, -0.2) is 9.18 Å². The van der Waals surface area contributed by atoms with Gasteiger partial charge in [-0.3, -0.25) is 0 Å². The van der Waals surface area contributed by atoms with Crippen LogP contribution in [0, 0.1) is 5.82 Å². The SMILES string of the molecule is O=C(O)c1ccc(Nc2c(Cl)cc(F)cc2Br)cc1. The average molecular weight is 345 g/mol. The van der Waals surface area contributed by atoms with Crippen molar-refractivity contribution in [2.24, 2.45) is 0 Å². The number of carbonyl (C=O) groups is 1. The molecule has 0 aromatic heterocycles. The molecule has 0 unspecified atom stereocenters. The highest BCUT2D eigenvalue weighted by Gasteiger charge is 2.09. The van der Waals surface area contributed by atoms with Crippen molar-refractivity contribution in [1.29, 1.82) is 0 Å². The van der Waals surface area contributed by atoms with Crippen LogP contribution in [0.5, 0.6) is 0 Å². The molecule has 0 spiro atoms. The first kappa shape index (κ1) is 13.8. The molecule has 0 atom stereocenters. The van der Waals surface area contributed by atoms with Gasteiger partial charge in [0.15, 0.2) is 0 Å². The second-order valence-electron chi connectivity index (χ2n) is 3.75. The Labute approximate surface area is 122 Å². The van der Waals surface area contributed by atoms with Crippen LogP contribution >= 0.6 is 27.5 Å². The minimum atomic E-state index is -0.993. The van der Waals surface area contributed by atoms with Gasteiger partial charge >= 0.3 is 5.97 Å². The first-order chi connectivity index (χ1) is 8.97. The standard InChI is InChI=1S/C13H8BrClFNO2/c14-10-5-8(16)6-11(15)12(10)17-9-3-1-7(2-4-9)13(18)19/h1-6,17H,(H,18,19). The molecule has 0 saturated carbocycles. The number of anilines is 2. The zero-order chi connectivity index (χ0) is 14.0. The predicted molar refractivity (Wildman–Crippen MR) is 75.8 cm³/mol. The molecule has 0 fully saturated rings. The number of carboxylic acid groups (broad SMARTS) is 1. The molecule has 2 aromatic rings. The molecule has 0 bridgehead atoms. The van der Waals surface area contributed by atoms with Crippen molar-refractivity contribution in [3.63, 3.8) is 0 Å². The highest BCUT2D eigenvalue weighted by atomic mass is 79.9. The predicted octanol–water partition coefficient (Wildman–Crippen LogP) is 4.68. The van der Waals surface area contributed by atoms with E-state index >= 15 is 0 Å². The van der Waals surface area contributed by atoms with Gasteiger partial charge in [0.1, 0.15) is 5.82 Å². The normalized spacial score (nSPS) is 10.3. The van der Waals surface area contributed by atoms with Crippen LogP contribution in [0.1, 0.15) is 10.4 Å². The van der Waals surface area contributed by atoms with Gasteiger partial charge in [0.2, 0.25) is 0 Å². The van der Waals surface area contributed by atoms with Gasteiger partial charge in [-0.1, -0.05) is 11.6 Å². The van der Waals surface area contributed by atoms with Crippen molar-refractivity contribution >= 4 is 44.9 Å². The summed E-state index contributed by atoms with van der Waals surface area (Å²) in [7, 11) is 0. The van der Waals surface area contributed by atoms with Gasteiger partial charge in [0, 0.05) is 10.2 Å². The molecule has 0 aliphatic heterocycles. The van der Waals surface area contributed by atoms with E-state index in [0.29, 0.717) is 15.8 Å². The molecular weight excluding hydrogens is 337 g/mol. The van der Waals surface area contributed by atoms with Gasteiger partial charge in [-0.05, 0) is 52.3 Å². The number of rotatable bonds is 3. The fourth-order valence-corrected chi connectivity index (χ4v) is 2.40. The lowest BCUT2D eigenvalue weighted by Gasteiger charge is -2.11. The summed E-state index contributed by atoms with van der Waals surface area (Å²) in [6.45, 7) is 0. The van der Waals surface area contributed by atoms with E-state index in [4.69, 9.17) is 16.7 Å². The smallest absolute Gasteiger partial charge is 0.335 e. The Bertz CT molecular complexity index is 608. The van der Waals surface area contributed by atoms with Crippen molar-refractivity contribution in [2.75, 3.05) is 5.32 Å². The highest BCUT2D eigenvalue weighted by Crippen LogP contribution is 2.34. The van der Waals surface area contributed by atoms with Gasteiger partial charge < -0.3 is 10.4 Å². The second-order valence-corrected chi connectivity index (χ2v) is 5.01. The van der Waals surface area contributed by atoms with E-state index < -0.39 is 11.8 Å². The third-order valence-corrected chi connectivity index (χ3v) is 3.33. The van der Waals surface area contributed by atoms with E-state index in [1.807, 2.05) is 0 Å². The zero-order valence-corrected chi connectivity index (χ0v) is 11.8. The molecule has 0 saturated heterocycles. The van der Waals surface area contributed by atoms with Crippen molar-refractivity contribution in [3.05, 3.63) is 57.3 Å². The number of halogens is 3. The molecule has 0 aliphatic rings. The lowest BCUT2D eigenvalue weighted by atomic mass is 10.2. The fraction of sp³-hybridized carbons (Fsp3) is 0. The van der Waals surface area contributed by atoms with Crippen molar-refractivity contribution in [1.82, 2.24) is 0 Å². The lowest BCUT2D eigenvalue weighted by Crippen LogP contribution is -1.97. The fourth-order valence-electron chi connectivity index (χ4n) is 1.50. The molecule has 0 radical (unpaired) electrons. The Morgan fingerprint density at radius 1 is 1.26 bits per heavy atom. The molecule has 6 heteroatoms. The van der Waals surface area contributed by atoms with Crippen molar-refractivity contribution in [3.8, 4) is 0 Å². The van der Waals surface area contributed by atoms with Gasteiger partial charge in [0.05, 0.1) is 16.3 Å². The minimum absolute atomic E-state index is 0.190. The van der Waals surface area contributed by atoms with Gasteiger partial charge in [0.25, 0.3) is 0 Å². The molecule has 0 aliphatic carbocycles. The number of nitrogens with one attached hydrogen (secondary N) is 1. The second kappa shape index (κ2) is 5.59. The summed E-state index contributed by atoms with van der Waals surface area (Å²) < 4.78 is 13.6. The molecule has 2 N–H and O–H groups in total. The molecular formula is C13H8BrClFNO2. The van der Waals surface area contributed by atoms with Crippen molar-refractivity contribution < 1.29 is 14.3 Å². The summed E-state index contributed by atoms with van der Waals surface area (Å²) in [5.41, 5.74) is 1.36. The van der Waals surface area contributed by atoms with E-state index in [0.717, 1.165) is 0 Å². The summed E-state index contributed by atoms with van der Waals surface area (Å²) in [4.78, 5) is 10.7. The molecule has 19 heavy (non-hydrogen) atoms. The van der Waals surface area contributed by atoms with Crippen LogP contribution < -0.4 is 5.32 Å². The largest absolute Gasteiger partial charge is 0.478 e. The van der Waals surface area contributed by atoms with E-state index in [2.05, 4.69) is 21.2 Å².